The van der Waals surface area contributed by atoms with Crippen LogP contribution in [0, 0.1) is 11.6 Å². The summed E-state index contributed by atoms with van der Waals surface area (Å²) in [5.74, 6) is -1.74. The Kier molecular flexibility index (Phi) is 5.12. The lowest BCUT2D eigenvalue weighted by Gasteiger charge is -2.10. The van der Waals surface area contributed by atoms with Gasteiger partial charge in [0.2, 0.25) is 0 Å². The highest BCUT2D eigenvalue weighted by atomic mass is 79.9. The molecule has 0 spiro atoms. The van der Waals surface area contributed by atoms with Crippen LogP contribution in [0.4, 0.5) is 8.78 Å². The number of thiophene rings is 1. The molecule has 0 radical (unpaired) electrons. The molecule has 2 aromatic rings. The molecule has 1 atom stereocenters. The smallest absolute Gasteiger partial charge is 0.191 e. The number of benzene rings is 1. The summed E-state index contributed by atoms with van der Waals surface area (Å²) in [5, 5.41) is 1.89. The van der Waals surface area contributed by atoms with Gasteiger partial charge in [0.1, 0.15) is 6.61 Å². The standard InChI is InChI=1S/C14H14BrF2NOS/c1-8(18)2-9-3-12(16)14(13(17)4-9)19-6-11-5-10(15)7-20-11/h3-5,7-8H,2,6,18H2,1H3. The molecule has 1 aromatic carbocycles. The first-order chi connectivity index (χ1) is 9.45. The van der Waals surface area contributed by atoms with E-state index < -0.39 is 11.6 Å². The summed E-state index contributed by atoms with van der Waals surface area (Å²) in [6.45, 7) is 1.92. The fourth-order valence-corrected chi connectivity index (χ4v) is 3.17. The quantitative estimate of drug-likeness (QED) is 0.863. The summed E-state index contributed by atoms with van der Waals surface area (Å²) in [6.07, 6.45) is 0.423. The first kappa shape index (κ1) is 15.4. The van der Waals surface area contributed by atoms with E-state index in [4.69, 9.17) is 10.5 Å². The van der Waals surface area contributed by atoms with Crippen molar-refractivity contribution >= 4 is 27.3 Å². The van der Waals surface area contributed by atoms with E-state index in [2.05, 4.69) is 15.9 Å². The molecular weight excluding hydrogens is 348 g/mol. The zero-order valence-corrected chi connectivity index (χ0v) is 13.2. The van der Waals surface area contributed by atoms with Crippen LogP contribution in [0.15, 0.2) is 28.1 Å². The Balaban J connectivity index is 2.11. The van der Waals surface area contributed by atoms with Crippen molar-refractivity contribution in [2.75, 3.05) is 0 Å². The van der Waals surface area contributed by atoms with Crippen LogP contribution >= 0.6 is 27.3 Å². The maximum Gasteiger partial charge on any atom is 0.191 e. The van der Waals surface area contributed by atoms with Gasteiger partial charge in [0.05, 0.1) is 0 Å². The van der Waals surface area contributed by atoms with Gasteiger partial charge in [-0.3, -0.25) is 0 Å². The van der Waals surface area contributed by atoms with E-state index in [9.17, 15) is 8.78 Å². The van der Waals surface area contributed by atoms with Gasteiger partial charge >= 0.3 is 0 Å². The summed E-state index contributed by atoms with van der Waals surface area (Å²) in [6, 6.07) is 4.24. The Labute approximate surface area is 128 Å². The van der Waals surface area contributed by atoms with Crippen molar-refractivity contribution in [3.8, 4) is 5.75 Å². The molecule has 0 saturated carbocycles. The summed E-state index contributed by atoms with van der Waals surface area (Å²) in [7, 11) is 0. The maximum absolute atomic E-state index is 13.9. The number of nitrogens with two attached hydrogens (primary N) is 1. The van der Waals surface area contributed by atoms with Crippen molar-refractivity contribution in [1.82, 2.24) is 0 Å². The lowest BCUT2D eigenvalue weighted by Crippen LogP contribution is -2.18. The molecule has 2 nitrogen and oxygen atoms in total. The van der Waals surface area contributed by atoms with Gasteiger partial charge in [0, 0.05) is 20.8 Å². The third-order valence-corrected chi connectivity index (χ3v) is 4.27. The fraction of sp³-hybridized carbons (Fsp3) is 0.286. The first-order valence-corrected chi connectivity index (χ1v) is 7.72. The van der Waals surface area contributed by atoms with Crippen LogP contribution in [-0.4, -0.2) is 6.04 Å². The summed E-state index contributed by atoms with van der Waals surface area (Å²) in [5.41, 5.74) is 6.15. The predicted molar refractivity (Wildman–Crippen MR) is 80.1 cm³/mol. The van der Waals surface area contributed by atoms with E-state index in [-0.39, 0.29) is 18.4 Å². The summed E-state index contributed by atoms with van der Waals surface area (Å²) >= 11 is 4.77. The second-order valence-electron chi connectivity index (χ2n) is 4.59. The molecule has 0 bridgehead atoms. The maximum atomic E-state index is 13.9. The van der Waals surface area contributed by atoms with Gasteiger partial charge in [-0.25, -0.2) is 8.78 Å². The van der Waals surface area contributed by atoms with Crippen LogP contribution in [0.25, 0.3) is 0 Å². The van der Waals surface area contributed by atoms with Crippen molar-refractivity contribution in [3.05, 3.63) is 50.1 Å². The van der Waals surface area contributed by atoms with Crippen LogP contribution < -0.4 is 10.5 Å². The molecule has 0 amide bonds. The van der Waals surface area contributed by atoms with Crippen molar-refractivity contribution in [2.45, 2.75) is 26.0 Å². The van der Waals surface area contributed by atoms with Crippen molar-refractivity contribution in [2.24, 2.45) is 5.73 Å². The molecule has 0 aliphatic rings. The van der Waals surface area contributed by atoms with Gasteiger partial charge in [-0.2, -0.15) is 0 Å². The van der Waals surface area contributed by atoms with Crippen molar-refractivity contribution < 1.29 is 13.5 Å². The lowest BCUT2D eigenvalue weighted by molar-refractivity contribution is 0.276. The van der Waals surface area contributed by atoms with Crippen LogP contribution in [0.5, 0.6) is 5.75 Å². The molecule has 6 heteroatoms. The normalized spacial score (nSPS) is 12.4. The van der Waals surface area contributed by atoms with Crippen molar-refractivity contribution in [1.29, 1.82) is 0 Å². The third kappa shape index (κ3) is 4.01. The molecule has 1 aromatic heterocycles. The van der Waals surface area contributed by atoms with Crippen LogP contribution in [0.1, 0.15) is 17.4 Å². The summed E-state index contributed by atoms with van der Waals surface area (Å²) in [4.78, 5) is 0.885. The van der Waals surface area contributed by atoms with Gasteiger partial charge in [0.15, 0.2) is 17.4 Å². The topological polar surface area (TPSA) is 35.2 Å². The first-order valence-electron chi connectivity index (χ1n) is 6.05. The van der Waals surface area contributed by atoms with E-state index in [0.717, 1.165) is 9.35 Å². The van der Waals surface area contributed by atoms with Crippen LogP contribution in [0.2, 0.25) is 0 Å². The number of halogens is 3. The zero-order chi connectivity index (χ0) is 14.7. The minimum Gasteiger partial charge on any atom is -0.482 e. The highest BCUT2D eigenvalue weighted by Gasteiger charge is 2.14. The van der Waals surface area contributed by atoms with Crippen LogP contribution in [0.3, 0.4) is 0 Å². The van der Waals surface area contributed by atoms with Crippen LogP contribution in [-0.2, 0) is 13.0 Å². The monoisotopic (exact) mass is 361 g/mol. The average Bonchev–Trinajstić information content (AvgIpc) is 2.73. The van der Waals surface area contributed by atoms with Gasteiger partial charge in [0.25, 0.3) is 0 Å². The van der Waals surface area contributed by atoms with E-state index >= 15 is 0 Å². The van der Waals surface area contributed by atoms with Gasteiger partial charge in [-0.15, -0.1) is 11.3 Å². The van der Waals surface area contributed by atoms with Gasteiger partial charge < -0.3 is 10.5 Å². The Morgan fingerprint density at radius 3 is 2.45 bits per heavy atom. The highest BCUT2D eigenvalue weighted by molar-refractivity contribution is 9.10. The zero-order valence-electron chi connectivity index (χ0n) is 10.8. The average molecular weight is 362 g/mol. The molecule has 2 rings (SSSR count). The second-order valence-corrected chi connectivity index (χ2v) is 6.50. The summed E-state index contributed by atoms with van der Waals surface area (Å²) < 4.78 is 33.9. The molecule has 0 aliphatic heterocycles. The van der Waals surface area contributed by atoms with Gasteiger partial charge in [-0.1, -0.05) is 0 Å². The molecule has 0 aliphatic carbocycles. The largest absolute Gasteiger partial charge is 0.482 e. The number of ether oxygens (including phenoxy) is 1. The lowest BCUT2D eigenvalue weighted by atomic mass is 10.1. The minimum atomic E-state index is -0.698. The Hall–Kier alpha value is -0.980. The predicted octanol–water partition coefficient (Wildman–Crippen LogP) is 4.26. The molecule has 1 unspecified atom stereocenters. The van der Waals surface area contributed by atoms with E-state index in [1.807, 2.05) is 11.4 Å². The van der Waals surface area contributed by atoms with E-state index in [1.165, 1.54) is 23.5 Å². The van der Waals surface area contributed by atoms with Crippen molar-refractivity contribution in [3.63, 3.8) is 0 Å². The SMILES string of the molecule is CC(N)Cc1cc(F)c(OCc2cc(Br)cs2)c(F)c1. The Bertz CT molecular complexity index is 578. The Morgan fingerprint density at radius 2 is 1.95 bits per heavy atom. The molecule has 1 heterocycles. The van der Waals surface area contributed by atoms with E-state index in [1.54, 1.807) is 6.92 Å². The molecule has 0 fully saturated rings. The molecule has 108 valence electrons. The molecule has 20 heavy (non-hydrogen) atoms. The molecule has 0 saturated heterocycles. The highest BCUT2D eigenvalue weighted by Crippen LogP contribution is 2.26. The molecular formula is C14H14BrF2NOS. The van der Waals surface area contributed by atoms with E-state index in [0.29, 0.717) is 12.0 Å². The minimum absolute atomic E-state index is 0.136. The number of hydrogen-bond donors (Lipinski definition) is 1. The second kappa shape index (κ2) is 6.65. The third-order valence-electron chi connectivity index (χ3n) is 2.60. The Morgan fingerprint density at radius 1 is 1.30 bits per heavy atom. The number of hydrogen-bond acceptors (Lipinski definition) is 3. The fourth-order valence-electron chi connectivity index (χ4n) is 1.81. The van der Waals surface area contributed by atoms with Gasteiger partial charge in [-0.05, 0) is 53.0 Å². The number of rotatable bonds is 5. The molecule has 2 N–H and O–H groups in total.